The van der Waals surface area contributed by atoms with E-state index in [1.165, 1.54) is 6.42 Å². The largest absolute Gasteiger partial charge is 0.0805 e. The van der Waals surface area contributed by atoms with E-state index in [9.17, 15) is 0 Å². The number of hydrogen-bond donors (Lipinski definition) is 0. The first kappa shape index (κ1) is 13.8. The van der Waals surface area contributed by atoms with E-state index in [1.54, 1.807) is 5.57 Å². The van der Waals surface area contributed by atoms with E-state index < -0.39 is 8.80 Å². The van der Waals surface area contributed by atoms with Crippen molar-refractivity contribution in [2.45, 2.75) is 59.2 Å². The highest BCUT2D eigenvalue weighted by Gasteiger charge is 2.43. The fourth-order valence-electron chi connectivity index (χ4n) is 2.90. The van der Waals surface area contributed by atoms with E-state index in [2.05, 4.69) is 65.9 Å². The Morgan fingerprint density at radius 1 is 1.19 bits per heavy atom. The zero-order valence-corrected chi connectivity index (χ0v) is 13.2. The van der Waals surface area contributed by atoms with E-state index in [4.69, 9.17) is 0 Å². The summed E-state index contributed by atoms with van der Waals surface area (Å²) >= 11 is 0. The van der Waals surface area contributed by atoms with Gasteiger partial charge in [-0.05, 0) is 22.8 Å². The van der Waals surface area contributed by atoms with Crippen molar-refractivity contribution in [3.63, 3.8) is 0 Å². The Hall–Kier alpha value is -0.303. The molecule has 0 spiro atoms. The lowest BCUT2D eigenvalue weighted by Gasteiger charge is -2.47. The predicted octanol–water partition coefficient (Wildman–Crippen LogP) is 4.80. The van der Waals surface area contributed by atoms with Crippen LogP contribution in [0.4, 0.5) is 0 Å². The zero-order valence-electron chi connectivity index (χ0n) is 12.1. The molecular weight excluding hydrogens is 208 g/mol. The molecule has 0 aromatic rings. The molecule has 92 valence electrons. The molecule has 2 unspecified atom stereocenters. The molecule has 0 heterocycles. The molecule has 0 bridgehead atoms. The smallest absolute Gasteiger partial charge is 0.0423 e. The number of rotatable bonds is 3. The molecule has 1 aliphatic carbocycles. The van der Waals surface area contributed by atoms with Gasteiger partial charge in [0.1, 0.15) is 0 Å². The number of allylic oxidation sites excluding steroid dienone is 4. The Kier molecular flexibility index (Phi) is 3.89. The molecule has 1 rings (SSSR count). The maximum Gasteiger partial charge on any atom is 0.0423 e. The molecule has 0 saturated heterocycles. The molecule has 0 fully saturated rings. The van der Waals surface area contributed by atoms with Gasteiger partial charge >= 0.3 is 0 Å². The normalized spacial score (nSPS) is 22.1. The summed E-state index contributed by atoms with van der Waals surface area (Å²) in [6.45, 7) is 17.1. The van der Waals surface area contributed by atoms with Crippen LogP contribution >= 0.6 is 0 Å². The van der Waals surface area contributed by atoms with Crippen LogP contribution in [-0.2, 0) is 0 Å². The molecule has 0 nitrogen and oxygen atoms in total. The zero-order chi connectivity index (χ0) is 12.6. The SMILES string of the molecule is CC(C(C)(C)C)C(C)(C1=CC=CC1)[SiH](C)C. The quantitative estimate of drug-likeness (QED) is 0.617. The van der Waals surface area contributed by atoms with Crippen molar-refractivity contribution >= 4 is 8.80 Å². The van der Waals surface area contributed by atoms with Crippen molar-refractivity contribution in [2.75, 3.05) is 0 Å². The number of hydrogen-bond acceptors (Lipinski definition) is 0. The third-order valence-corrected chi connectivity index (χ3v) is 8.13. The highest BCUT2D eigenvalue weighted by Crippen LogP contribution is 2.54. The molecule has 0 aromatic carbocycles. The summed E-state index contributed by atoms with van der Waals surface area (Å²) in [6.07, 6.45) is 8.09. The topological polar surface area (TPSA) is 0 Å². The lowest BCUT2D eigenvalue weighted by atomic mass is 9.71. The van der Waals surface area contributed by atoms with Gasteiger partial charge < -0.3 is 0 Å². The molecule has 1 heteroatoms. The summed E-state index contributed by atoms with van der Waals surface area (Å²) in [7, 11) is -0.720. The van der Waals surface area contributed by atoms with Crippen molar-refractivity contribution in [3.05, 3.63) is 23.8 Å². The molecule has 0 N–H and O–H groups in total. The molecule has 0 radical (unpaired) electrons. The van der Waals surface area contributed by atoms with Crippen LogP contribution in [0.5, 0.6) is 0 Å². The van der Waals surface area contributed by atoms with Gasteiger partial charge in [0.05, 0.1) is 0 Å². The standard InChI is InChI=1S/C15H28Si/c1-12(14(2,3)4)15(5,16(6)7)13-10-8-9-11-13/h8-10,12,16H,11H2,1-7H3. The van der Waals surface area contributed by atoms with E-state index in [1.807, 2.05) is 0 Å². The van der Waals surface area contributed by atoms with Crippen LogP contribution in [0.15, 0.2) is 23.8 Å². The van der Waals surface area contributed by atoms with Gasteiger partial charge in [0.2, 0.25) is 0 Å². The summed E-state index contributed by atoms with van der Waals surface area (Å²) in [5, 5.41) is 0.460. The lowest BCUT2D eigenvalue weighted by Crippen LogP contribution is -2.39. The van der Waals surface area contributed by atoms with Gasteiger partial charge in [-0.25, -0.2) is 0 Å². The highest BCUT2D eigenvalue weighted by molar-refractivity contribution is 6.60. The molecule has 2 atom stereocenters. The van der Waals surface area contributed by atoms with Crippen LogP contribution < -0.4 is 0 Å². The summed E-state index contributed by atoms with van der Waals surface area (Å²) < 4.78 is 0. The third-order valence-electron chi connectivity index (χ3n) is 4.86. The summed E-state index contributed by atoms with van der Waals surface area (Å²) in [5.74, 6) is 0.748. The van der Waals surface area contributed by atoms with Gasteiger partial charge in [-0.3, -0.25) is 0 Å². The minimum atomic E-state index is -0.720. The van der Waals surface area contributed by atoms with Crippen LogP contribution in [0.1, 0.15) is 41.0 Å². The van der Waals surface area contributed by atoms with Crippen molar-refractivity contribution in [2.24, 2.45) is 11.3 Å². The summed E-state index contributed by atoms with van der Waals surface area (Å²) in [5.41, 5.74) is 2.08. The highest BCUT2D eigenvalue weighted by atomic mass is 28.3. The average Bonchev–Trinajstić information content (AvgIpc) is 2.66. The first-order valence-corrected chi connectivity index (χ1v) is 9.45. The van der Waals surface area contributed by atoms with Gasteiger partial charge in [0.15, 0.2) is 0 Å². The maximum atomic E-state index is 2.51. The second-order valence-corrected chi connectivity index (χ2v) is 10.4. The fraction of sp³-hybridized carbons (Fsp3) is 0.733. The van der Waals surface area contributed by atoms with Crippen LogP contribution in [-0.4, -0.2) is 8.80 Å². The first-order valence-electron chi connectivity index (χ1n) is 6.57. The Labute approximate surface area is 103 Å². The maximum absolute atomic E-state index is 2.51. The first-order chi connectivity index (χ1) is 7.20. The van der Waals surface area contributed by atoms with Gasteiger partial charge in [-0.1, -0.05) is 71.5 Å². The van der Waals surface area contributed by atoms with E-state index in [0.717, 1.165) is 5.92 Å². The summed E-state index contributed by atoms with van der Waals surface area (Å²) in [6, 6.07) is 0. The Balaban J connectivity index is 3.07. The fourth-order valence-corrected chi connectivity index (χ4v) is 5.35. The van der Waals surface area contributed by atoms with Crippen LogP contribution in [0, 0.1) is 11.3 Å². The molecule has 0 amide bonds. The van der Waals surface area contributed by atoms with Gasteiger partial charge in [0, 0.05) is 8.80 Å². The minimum Gasteiger partial charge on any atom is -0.0805 e. The Morgan fingerprint density at radius 2 is 1.75 bits per heavy atom. The van der Waals surface area contributed by atoms with Gasteiger partial charge in [0.25, 0.3) is 0 Å². The third kappa shape index (κ3) is 2.34. The second kappa shape index (κ2) is 4.52. The monoisotopic (exact) mass is 236 g/mol. The summed E-state index contributed by atoms with van der Waals surface area (Å²) in [4.78, 5) is 0. The Bertz CT molecular complexity index is 304. The van der Waals surface area contributed by atoms with Crippen molar-refractivity contribution in [1.29, 1.82) is 0 Å². The molecule has 0 aliphatic heterocycles. The Morgan fingerprint density at radius 3 is 2.06 bits per heavy atom. The van der Waals surface area contributed by atoms with Gasteiger partial charge in [-0.15, -0.1) is 0 Å². The van der Waals surface area contributed by atoms with Crippen molar-refractivity contribution in [1.82, 2.24) is 0 Å². The van der Waals surface area contributed by atoms with Crippen molar-refractivity contribution < 1.29 is 0 Å². The molecule has 0 aromatic heterocycles. The van der Waals surface area contributed by atoms with E-state index >= 15 is 0 Å². The van der Waals surface area contributed by atoms with E-state index in [-0.39, 0.29) is 0 Å². The predicted molar refractivity (Wildman–Crippen MR) is 77.7 cm³/mol. The van der Waals surface area contributed by atoms with Crippen LogP contribution in [0.3, 0.4) is 0 Å². The molecule has 16 heavy (non-hydrogen) atoms. The lowest BCUT2D eigenvalue weighted by molar-refractivity contribution is 0.213. The van der Waals surface area contributed by atoms with Crippen LogP contribution in [0.2, 0.25) is 18.1 Å². The second-order valence-electron chi connectivity index (χ2n) is 6.85. The average molecular weight is 236 g/mol. The molecule has 0 saturated carbocycles. The van der Waals surface area contributed by atoms with Crippen LogP contribution in [0.25, 0.3) is 0 Å². The molecule has 1 aliphatic rings. The van der Waals surface area contributed by atoms with Crippen molar-refractivity contribution in [3.8, 4) is 0 Å². The van der Waals surface area contributed by atoms with Gasteiger partial charge in [-0.2, -0.15) is 0 Å². The molecular formula is C15H28Si. The minimum absolute atomic E-state index is 0.398. The van der Waals surface area contributed by atoms with E-state index in [0.29, 0.717) is 10.5 Å².